The first-order valence-electron chi connectivity index (χ1n) is 7.37. The lowest BCUT2D eigenvalue weighted by molar-refractivity contribution is 0.0890. The van der Waals surface area contributed by atoms with Crippen LogP contribution in [0.2, 0.25) is 0 Å². The molecule has 0 aliphatic heterocycles. The van der Waals surface area contributed by atoms with Crippen LogP contribution < -0.4 is 0 Å². The van der Waals surface area contributed by atoms with Gasteiger partial charge in [0.15, 0.2) is 0 Å². The summed E-state index contributed by atoms with van der Waals surface area (Å²) < 4.78 is 0. The minimum absolute atomic E-state index is 0.00983. The molecule has 1 fully saturated rings. The van der Waals surface area contributed by atoms with E-state index in [-0.39, 0.29) is 6.10 Å². The number of hydrogen-bond donors (Lipinski definition) is 1. The monoisotopic (exact) mass is 228 g/mol. The number of aliphatic hydroxyl groups excluding tert-OH is 1. The maximum absolute atomic E-state index is 9.35. The van der Waals surface area contributed by atoms with Crippen LogP contribution in [0.15, 0.2) is 0 Å². The molecule has 1 saturated carbocycles. The van der Waals surface area contributed by atoms with Crippen LogP contribution in [-0.2, 0) is 0 Å². The fraction of sp³-hybridized carbons (Fsp3) is 1.00. The molecule has 0 aromatic heterocycles. The Balaban J connectivity index is 0.000000487. The zero-order valence-electron chi connectivity index (χ0n) is 11.8. The Kier molecular flexibility index (Phi) is 10.1. The molecule has 1 aliphatic rings. The third kappa shape index (κ3) is 6.52. The van der Waals surface area contributed by atoms with E-state index in [2.05, 4.69) is 27.7 Å². The van der Waals surface area contributed by atoms with Crippen molar-refractivity contribution in [1.29, 1.82) is 0 Å². The summed E-state index contributed by atoms with van der Waals surface area (Å²) in [7, 11) is 0. The van der Waals surface area contributed by atoms with Crippen LogP contribution in [0.25, 0.3) is 0 Å². The molecule has 98 valence electrons. The molecule has 1 heteroatoms. The average molecular weight is 228 g/mol. The van der Waals surface area contributed by atoms with Crippen LogP contribution in [0, 0.1) is 11.8 Å². The number of hydrogen-bond acceptors (Lipinski definition) is 1. The van der Waals surface area contributed by atoms with Crippen LogP contribution in [0.3, 0.4) is 0 Å². The van der Waals surface area contributed by atoms with Crippen molar-refractivity contribution in [1.82, 2.24) is 0 Å². The molecule has 0 heterocycles. The third-order valence-corrected chi connectivity index (χ3v) is 3.96. The van der Waals surface area contributed by atoms with Crippen molar-refractivity contribution in [2.45, 2.75) is 85.2 Å². The Bertz CT molecular complexity index is 130. The highest BCUT2D eigenvalue weighted by molar-refractivity contribution is 4.76. The smallest absolute Gasteiger partial charge is 0.0540 e. The van der Waals surface area contributed by atoms with E-state index in [0.29, 0.717) is 0 Å². The van der Waals surface area contributed by atoms with Gasteiger partial charge in [0.25, 0.3) is 0 Å². The summed E-state index contributed by atoms with van der Waals surface area (Å²) in [6.07, 6.45) is 9.88. The predicted molar refractivity (Wildman–Crippen MR) is 72.6 cm³/mol. The largest absolute Gasteiger partial charge is 0.393 e. The molecule has 0 bridgehead atoms. The predicted octanol–water partition coefficient (Wildman–Crippen LogP) is 4.78. The second kappa shape index (κ2) is 10.1. The van der Waals surface area contributed by atoms with E-state index in [1.54, 1.807) is 0 Å². The maximum atomic E-state index is 9.35. The molecule has 0 amide bonds. The Morgan fingerprint density at radius 1 is 0.875 bits per heavy atom. The molecule has 0 unspecified atom stereocenters. The van der Waals surface area contributed by atoms with Gasteiger partial charge in [0, 0.05) is 0 Å². The molecular weight excluding hydrogens is 196 g/mol. The summed E-state index contributed by atoms with van der Waals surface area (Å²) in [6.45, 7) is 8.94. The van der Waals surface area contributed by atoms with Crippen LogP contribution >= 0.6 is 0 Å². The van der Waals surface area contributed by atoms with Gasteiger partial charge < -0.3 is 5.11 Å². The summed E-state index contributed by atoms with van der Waals surface area (Å²) in [5.41, 5.74) is 0. The Hall–Kier alpha value is -0.0400. The summed E-state index contributed by atoms with van der Waals surface area (Å²) in [5, 5.41) is 9.35. The van der Waals surface area contributed by atoms with E-state index in [4.69, 9.17) is 0 Å². The van der Waals surface area contributed by atoms with Crippen LogP contribution in [0.4, 0.5) is 0 Å². The van der Waals surface area contributed by atoms with Gasteiger partial charge in [-0.15, -0.1) is 0 Å². The van der Waals surface area contributed by atoms with E-state index in [1.165, 1.54) is 38.5 Å². The van der Waals surface area contributed by atoms with Crippen LogP contribution in [0.1, 0.15) is 79.1 Å². The SMILES string of the molecule is CCC(CC)C1CCC(O)CC1.CCCC. The van der Waals surface area contributed by atoms with Crippen molar-refractivity contribution in [3.05, 3.63) is 0 Å². The van der Waals surface area contributed by atoms with Gasteiger partial charge in [-0.05, 0) is 37.5 Å². The topological polar surface area (TPSA) is 20.2 Å². The highest BCUT2D eigenvalue weighted by atomic mass is 16.3. The van der Waals surface area contributed by atoms with Crippen molar-refractivity contribution < 1.29 is 5.11 Å². The van der Waals surface area contributed by atoms with Crippen molar-refractivity contribution in [3.8, 4) is 0 Å². The molecule has 0 aromatic rings. The zero-order chi connectivity index (χ0) is 12.4. The van der Waals surface area contributed by atoms with Crippen molar-refractivity contribution >= 4 is 0 Å². The molecular formula is C15H32O. The lowest BCUT2D eigenvalue weighted by Gasteiger charge is -2.31. The first kappa shape index (κ1) is 16.0. The van der Waals surface area contributed by atoms with Gasteiger partial charge in [0.2, 0.25) is 0 Å². The standard InChI is InChI=1S/C11H22O.C4H10/c1-3-9(4-2)10-5-7-11(12)8-6-10;1-3-4-2/h9-12H,3-8H2,1-2H3;3-4H2,1-2H3. The van der Waals surface area contributed by atoms with Gasteiger partial charge >= 0.3 is 0 Å². The van der Waals surface area contributed by atoms with Crippen molar-refractivity contribution in [2.24, 2.45) is 11.8 Å². The molecule has 0 spiro atoms. The summed E-state index contributed by atoms with van der Waals surface area (Å²) in [4.78, 5) is 0. The summed E-state index contributed by atoms with van der Waals surface area (Å²) >= 11 is 0. The van der Waals surface area contributed by atoms with Gasteiger partial charge in [-0.3, -0.25) is 0 Å². The third-order valence-electron chi connectivity index (χ3n) is 3.96. The number of unbranched alkanes of at least 4 members (excludes halogenated alkanes) is 1. The highest BCUT2D eigenvalue weighted by Crippen LogP contribution is 2.33. The van der Waals surface area contributed by atoms with Crippen molar-refractivity contribution in [3.63, 3.8) is 0 Å². The second-order valence-corrected chi connectivity index (χ2v) is 5.15. The Morgan fingerprint density at radius 3 is 1.62 bits per heavy atom. The number of aliphatic hydroxyl groups is 1. The maximum Gasteiger partial charge on any atom is 0.0540 e. The molecule has 1 N–H and O–H groups in total. The highest BCUT2D eigenvalue weighted by Gasteiger charge is 2.24. The van der Waals surface area contributed by atoms with E-state index >= 15 is 0 Å². The van der Waals surface area contributed by atoms with Gasteiger partial charge in [-0.2, -0.15) is 0 Å². The second-order valence-electron chi connectivity index (χ2n) is 5.15. The molecule has 16 heavy (non-hydrogen) atoms. The van der Waals surface area contributed by atoms with Crippen LogP contribution in [-0.4, -0.2) is 11.2 Å². The fourth-order valence-corrected chi connectivity index (χ4v) is 2.53. The first-order chi connectivity index (χ1) is 7.69. The minimum atomic E-state index is 0.00983. The first-order valence-corrected chi connectivity index (χ1v) is 7.37. The summed E-state index contributed by atoms with van der Waals surface area (Å²) in [5.74, 6) is 1.82. The summed E-state index contributed by atoms with van der Waals surface area (Å²) in [6, 6.07) is 0. The van der Waals surface area contributed by atoms with Gasteiger partial charge in [0.1, 0.15) is 0 Å². The normalized spacial score (nSPS) is 25.1. The van der Waals surface area contributed by atoms with E-state index in [1.807, 2.05) is 0 Å². The lowest BCUT2D eigenvalue weighted by atomic mass is 9.77. The Labute approximate surface area is 103 Å². The lowest BCUT2D eigenvalue weighted by Crippen LogP contribution is -2.23. The van der Waals surface area contributed by atoms with Gasteiger partial charge in [0.05, 0.1) is 6.10 Å². The van der Waals surface area contributed by atoms with E-state index < -0.39 is 0 Å². The quantitative estimate of drug-likeness (QED) is 0.734. The van der Waals surface area contributed by atoms with E-state index in [0.717, 1.165) is 24.7 Å². The molecule has 1 aliphatic carbocycles. The van der Waals surface area contributed by atoms with Crippen molar-refractivity contribution in [2.75, 3.05) is 0 Å². The minimum Gasteiger partial charge on any atom is -0.393 e. The molecule has 0 aromatic carbocycles. The zero-order valence-corrected chi connectivity index (χ0v) is 11.8. The number of rotatable bonds is 4. The van der Waals surface area contributed by atoms with Gasteiger partial charge in [-0.25, -0.2) is 0 Å². The molecule has 0 saturated heterocycles. The van der Waals surface area contributed by atoms with Crippen LogP contribution in [0.5, 0.6) is 0 Å². The molecule has 0 atom stereocenters. The van der Waals surface area contributed by atoms with Gasteiger partial charge in [-0.1, -0.05) is 53.4 Å². The molecule has 1 nitrogen and oxygen atoms in total. The Morgan fingerprint density at radius 2 is 1.31 bits per heavy atom. The van der Waals surface area contributed by atoms with E-state index in [9.17, 15) is 5.11 Å². The average Bonchev–Trinajstić information content (AvgIpc) is 2.33. The molecule has 0 radical (unpaired) electrons. The fourth-order valence-electron chi connectivity index (χ4n) is 2.53. The molecule has 1 rings (SSSR count).